The van der Waals surface area contributed by atoms with Gasteiger partial charge in [-0.2, -0.15) is 0 Å². The Morgan fingerprint density at radius 2 is 1.04 bits per heavy atom. The standard InChI is InChI=1S/C50H32N2O/c1-2-14-35-30-37(26-24-33(35)12-1)51(46-22-11-15-34-13-3-4-16-39(34)46)45-20-8-5-17-40(45)36-25-28-42-41-18-6-9-21-47(41)52(48(42)31-36)38-27-29-44-43-19-7-10-23-49(43)53-50(44)32-38/h1-32H. The first-order valence-corrected chi connectivity index (χ1v) is 18.1. The first-order chi connectivity index (χ1) is 26.3. The third kappa shape index (κ3) is 4.68. The lowest BCUT2D eigenvalue weighted by molar-refractivity contribution is 0.668. The molecule has 0 aliphatic carbocycles. The minimum Gasteiger partial charge on any atom is -0.456 e. The van der Waals surface area contributed by atoms with Crippen LogP contribution in [0.15, 0.2) is 199 Å². The predicted molar refractivity (Wildman–Crippen MR) is 223 cm³/mol. The molecule has 0 aliphatic heterocycles. The summed E-state index contributed by atoms with van der Waals surface area (Å²) in [6, 6.07) is 69.9. The maximum absolute atomic E-state index is 6.37. The fraction of sp³-hybridized carbons (Fsp3) is 0. The zero-order chi connectivity index (χ0) is 34.9. The summed E-state index contributed by atoms with van der Waals surface area (Å²) < 4.78 is 8.76. The highest BCUT2D eigenvalue weighted by Crippen LogP contribution is 2.45. The molecule has 0 fully saturated rings. The van der Waals surface area contributed by atoms with Gasteiger partial charge >= 0.3 is 0 Å². The van der Waals surface area contributed by atoms with Crippen LogP contribution in [0.1, 0.15) is 0 Å². The minimum absolute atomic E-state index is 0.886. The average Bonchev–Trinajstić information content (AvgIpc) is 3.76. The van der Waals surface area contributed by atoms with Crippen LogP contribution >= 0.6 is 0 Å². The number of fused-ring (bicyclic) bond motifs is 8. The number of rotatable bonds is 5. The summed E-state index contributed by atoms with van der Waals surface area (Å²) >= 11 is 0. The molecule has 0 saturated heterocycles. The summed E-state index contributed by atoms with van der Waals surface area (Å²) in [4.78, 5) is 2.43. The third-order valence-corrected chi connectivity index (χ3v) is 10.7. The number of aromatic nitrogens is 1. The van der Waals surface area contributed by atoms with Gasteiger partial charge in [-0.1, -0.05) is 133 Å². The fourth-order valence-corrected chi connectivity index (χ4v) is 8.31. The van der Waals surface area contributed by atoms with E-state index in [-0.39, 0.29) is 0 Å². The Bertz CT molecular complexity index is 3200. The van der Waals surface area contributed by atoms with Gasteiger partial charge in [0.15, 0.2) is 0 Å². The van der Waals surface area contributed by atoms with Crippen LogP contribution in [0.4, 0.5) is 17.1 Å². The van der Waals surface area contributed by atoms with E-state index in [1.165, 1.54) is 32.3 Å². The fourth-order valence-electron chi connectivity index (χ4n) is 8.31. The second-order valence-electron chi connectivity index (χ2n) is 13.7. The first kappa shape index (κ1) is 29.6. The van der Waals surface area contributed by atoms with Crippen LogP contribution in [0.25, 0.3) is 82.1 Å². The Kier molecular flexibility index (Phi) is 6.55. The van der Waals surface area contributed by atoms with Gasteiger partial charge in [-0.3, -0.25) is 0 Å². The first-order valence-electron chi connectivity index (χ1n) is 18.1. The summed E-state index contributed by atoms with van der Waals surface area (Å²) in [5.74, 6) is 0. The van der Waals surface area contributed by atoms with Gasteiger partial charge in [0, 0.05) is 49.9 Å². The molecule has 0 radical (unpaired) electrons. The van der Waals surface area contributed by atoms with Gasteiger partial charge in [0.1, 0.15) is 11.2 Å². The van der Waals surface area contributed by atoms with Crippen molar-refractivity contribution in [2.45, 2.75) is 0 Å². The van der Waals surface area contributed by atoms with E-state index in [1.807, 2.05) is 12.1 Å². The molecule has 3 nitrogen and oxygen atoms in total. The maximum Gasteiger partial charge on any atom is 0.137 e. The minimum atomic E-state index is 0.886. The molecular weight excluding hydrogens is 645 g/mol. The van der Waals surface area contributed by atoms with Gasteiger partial charge in [0.25, 0.3) is 0 Å². The highest BCUT2D eigenvalue weighted by Gasteiger charge is 2.21. The highest BCUT2D eigenvalue weighted by molar-refractivity contribution is 6.12. The van der Waals surface area contributed by atoms with Gasteiger partial charge < -0.3 is 13.9 Å². The van der Waals surface area contributed by atoms with Gasteiger partial charge in [0.05, 0.1) is 22.4 Å². The van der Waals surface area contributed by atoms with E-state index < -0.39 is 0 Å². The van der Waals surface area contributed by atoms with E-state index in [2.05, 4.69) is 191 Å². The molecular formula is C50H32N2O. The molecule has 11 rings (SSSR count). The molecule has 0 unspecified atom stereocenters. The van der Waals surface area contributed by atoms with Crippen molar-refractivity contribution in [3.8, 4) is 16.8 Å². The number of hydrogen-bond donors (Lipinski definition) is 0. The van der Waals surface area contributed by atoms with Crippen molar-refractivity contribution in [3.63, 3.8) is 0 Å². The molecule has 248 valence electrons. The van der Waals surface area contributed by atoms with E-state index in [0.717, 1.165) is 66.8 Å². The van der Waals surface area contributed by atoms with E-state index in [9.17, 15) is 0 Å². The number of hydrogen-bond acceptors (Lipinski definition) is 2. The number of anilines is 3. The van der Waals surface area contributed by atoms with Gasteiger partial charge in [-0.25, -0.2) is 0 Å². The van der Waals surface area contributed by atoms with Gasteiger partial charge in [-0.15, -0.1) is 0 Å². The lowest BCUT2D eigenvalue weighted by atomic mass is 9.99. The van der Waals surface area contributed by atoms with Crippen molar-refractivity contribution < 1.29 is 4.42 Å². The van der Waals surface area contributed by atoms with Crippen molar-refractivity contribution >= 4 is 82.4 Å². The van der Waals surface area contributed by atoms with Crippen molar-refractivity contribution in [1.29, 1.82) is 0 Å². The molecule has 0 aliphatic rings. The smallest absolute Gasteiger partial charge is 0.137 e. The monoisotopic (exact) mass is 676 g/mol. The maximum atomic E-state index is 6.37. The number of benzene rings is 9. The number of nitrogens with zero attached hydrogens (tertiary/aromatic N) is 2. The summed E-state index contributed by atoms with van der Waals surface area (Å²) in [6.45, 7) is 0. The predicted octanol–water partition coefficient (Wildman–Crippen LogP) is 14.1. The molecule has 0 saturated carbocycles. The number of para-hydroxylation sites is 3. The second-order valence-corrected chi connectivity index (χ2v) is 13.7. The molecule has 11 aromatic rings. The van der Waals surface area contributed by atoms with E-state index in [0.29, 0.717) is 0 Å². The average molecular weight is 677 g/mol. The van der Waals surface area contributed by atoms with E-state index >= 15 is 0 Å². The molecule has 0 amide bonds. The van der Waals surface area contributed by atoms with E-state index in [4.69, 9.17) is 4.42 Å². The van der Waals surface area contributed by atoms with E-state index in [1.54, 1.807) is 0 Å². The van der Waals surface area contributed by atoms with Crippen LogP contribution < -0.4 is 4.90 Å². The molecule has 9 aromatic carbocycles. The van der Waals surface area contributed by atoms with Crippen LogP contribution in [0.2, 0.25) is 0 Å². The summed E-state index contributed by atoms with van der Waals surface area (Å²) in [5, 5.41) is 9.54. The zero-order valence-corrected chi connectivity index (χ0v) is 28.8. The van der Waals surface area contributed by atoms with Crippen molar-refractivity contribution in [2.75, 3.05) is 4.90 Å². The molecule has 0 atom stereocenters. The Morgan fingerprint density at radius 3 is 1.96 bits per heavy atom. The van der Waals surface area contributed by atoms with Crippen LogP contribution in [-0.2, 0) is 0 Å². The lowest BCUT2D eigenvalue weighted by Crippen LogP contribution is -2.11. The normalized spacial score (nSPS) is 11.8. The molecule has 2 aromatic heterocycles. The molecule has 3 heteroatoms. The molecule has 2 heterocycles. The van der Waals surface area contributed by atoms with Crippen molar-refractivity contribution in [3.05, 3.63) is 194 Å². The topological polar surface area (TPSA) is 21.3 Å². The quantitative estimate of drug-likeness (QED) is 0.181. The van der Waals surface area contributed by atoms with Crippen LogP contribution in [-0.4, -0.2) is 4.57 Å². The summed E-state index contributed by atoms with van der Waals surface area (Å²) in [7, 11) is 0. The largest absolute Gasteiger partial charge is 0.456 e. The Hall–Kier alpha value is -7.10. The third-order valence-electron chi connectivity index (χ3n) is 10.7. The summed E-state index contributed by atoms with van der Waals surface area (Å²) in [6.07, 6.45) is 0. The molecule has 53 heavy (non-hydrogen) atoms. The molecule has 0 bridgehead atoms. The summed E-state index contributed by atoms with van der Waals surface area (Å²) in [5.41, 5.74) is 10.8. The SMILES string of the molecule is c1ccc(N(c2ccc3ccccc3c2)c2cccc3ccccc23)c(-c2ccc3c4ccccc4n(-c4ccc5c(c4)oc4ccccc45)c3c2)c1. The molecule has 0 N–H and O–H groups in total. The van der Waals surface area contributed by atoms with Crippen molar-refractivity contribution in [2.24, 2.45) is 0 Å². The lowest BCUT2D eigenvalue weighted by Gasteiger charge is -2.29. The molecule has 0 spiro atoms. The highest BCUT2D eigenvalue weighted by atomic mass is 16.3. The van der Waals surface area contributed by atoms with Crippen LogP contribution in [0.3, 0.4) is 0 Å². The Labute approximate surface area is 306 Å². The second kappa shape index (κ2) is 11.7. The van der Waals surface area contributed by atoms with Crippen LogP contribution in [0.5, 0.6) is 0 Å². The van der Waals surface area contributed by atoms with Gasteiger partial charge in [-0.05, 0) is 76.3 Å². The zero-order valence-electron chi connectivity index (χ0n) is 28.8. The van der Waals surface area contributed by atoms with Crippen molar-refractivity contribution in [1.82, 2.24) is 4.57 Å². The Morgan fingerprint density at radius 1 is 0.377 bits per heavy atom. The number of furan rings is 1. The Balaban J connectivity index is 1.15. The van der Waals surface area contributed by atoms with Gasteiger partial charge in [0.2, 0.25) is 0 Å². The van der Waals surface area contributed by atoms with Crippen LogP contribution in [0, 0.1) is 0 Å².